The summed E-state index contributed by atoms with van der Waals surface area (Å²) < 4.78 is 24.9. The summed E-state index contributed by atoms with van der Waals surface area (Å²) in [6.07, 6.45) is 0. The van der Waals surface area contributed by atoms with E-state index in [0.29, 0.717) is 21.8 Å². The summed E-state index contributed by atoms with van der Waals surface area (Å²) in [4.78, 5) is 5.04. The lowest BCUT2D eigenvalue weighted by Crippen LogP contribution is -2.50. The third-order valence-corrected chi connectivity index (χ3v) is 5.42. The van der Waals surface area contributed by atoms with Gasteiger partial charge in [-0.2, -0.15) is 8.78 Å². The number of likely N-dealkylation sites (N-methyl/N-ethyl adjacent to an activating group) is 1. The first-order chi connectivity index (χ1) is 12.5. The van der Waals surface area contributed by atoms with Crippen molar-refractivity contribution in [2.75, 3.05) is 32.0 Å². The van der Waals surface area contributed by atoms with Gasteiger partial charge in [0.2, 0.25) is 0 Å². The first-order valence-corrected chi connectivity index (χ1v) is 9.67. The molecule has 0 amide bonds. The van der Waals surface area contributed by atoms with Crippen LogP contribution in [0.3, 0.4) is 0 Å². The Bertz CT molecular complexity index is 725. The van der Waals surface area contributed by atoms with Gasteiger partial charge in [0.25, 0.3) is 5.76 Å². The number of anilines is 1. The number of thiocarbonyl (C=S) groups is 1. The van der Waals surface area contributed by atoms with Gasteiger partial charge in [0.1, 0.15) is 0 Å². The molecule has 138 valence electrons. The lowest BCUT2D eigenvalue weighted by atomic mass is 10.0. The highest BCUT2D eigenvalue weighted by molar-refractivity contribution is 7.99. The fourth-order valence-corrected chi connectivity index (χ4v) is 3.87. The summed E-state index contributed by atoms with van der Waals surface area (Å²) in [6.45, 7) is 2.67. The van der Waals surface area contributed by atoms with Gasteiger partial charge in [0, 0.05) is 30.2 Å². The lowest BCUT2D eigenvalue weighted by Gasteiger charge is -2.41. The van der Waals surface area contributed by atoms with Crippen molar-refractivity contribution >= 4 is 34.8 Å². The maximum absolute atomic E-state index is 12.4. The zero-order chi connectivity index (χ0) is 18.5. The monoisotopic (exact) mass is 393 g/mol. The smallest absolute Gasteiger partial charge is 0.288 e. The zero-order valence-electron chi connectivity index (χ0n) is 14.4. The van der Waals surface area contributed by atoms with Crippen LogP contribution < -0.4 is 5.32 Å². The molecule has 1 aliphatic heterocycles. The molecular weight excluding hydrogens is 372 g/mol. The van der Waals surface area contributed by atoms with Crippen LogP contribution in [0, 0.1) is 0 Å². The van der Waals surface area contributed by atoms with Gasteiger partial charge in [-0.15, -0.1) is 0 Å². The average molecular weight is 394 g/mol. The number of hydrogen-bond donors (Lipinski definition) is 1. The summed E-state index contributed by atoms with van der Waals surface area (Å²) >= 11 is 6.19. The highest BCUT2D eigenvalue weighted by Crippen LogP contribution is 2.28. The largest absolute Gasteiger partial charge is 0.339 e. The van der Waals surface area contributed by atoms with Gasteiger partial charge < -0.3 is 15.1 Å². The van der Waals surface area contributed by atoms with E-state index in [1.165, 1.54) is 5.56 Å². The summed E-state index contributed by atoms with van der Waals surface area (Å²) in [7, 11) is 2.11. The van der Waals surface area contributed by atoms with Crippen LogP contribution in [-0.4, -0.2) is 47.4 Å². The van der Waals surface area contributed by atoms with Crippen molar-refractivity contribution in [3.63, 3.8) is 0 Å². The quantitative estimate of drug-likeness (QED) is 0.598. The first kappa shape index (κ1) is 19.1. The summed E-state index contributed by atoms with van der Waals surface area (Å²) in [5.41, 5.74) is 2.03. The third kappa shape index (κ3) is 4.93. The molecule has 0 bridgehead atoms. The SMILES string of the molecule is CN1CCN(C(=S)Nc2ccc(SC(F)F)cc2)[C@@H](c2ccccc2)C1. The van der Waals surface area contributed by atoms with Gasteiger partial charge in [0.05, 0.1) is 6.04 Å². The zero-order valence-corrected chi connectivity index (χ0v) is 16.1. The Balaban J connectivity index is 1.71. The number of halogens is 2. The molecule has 1 heterocycles. The van der Waals surface area contributed by atoms with E-state index in [-0.39, 0.29) is 6.04 Å². The van der Waals surface area contributed by atoms with E-state index >= 15 is 0 Å². The van der Waals surface area contributed by atoms with Crippen molar-refractivity contribution in [1.29, 1.82) is 0 Å². The van der Waals surface area contributed by atoms with E-state index in [1.54, 1.807) is 24.3 Å². The molecule has 0 radical (unpaired) electrons. The van der Waals surface area contributed by atoms with E-state index in [0.717, 1.165) is 25.3 Å². The predicted octanol–water partition coefficient (Wildman–Crippen LogP) is 4.69. The second kappa shape index (κ2) is 8.79. The lowest BCUT2D eigenvalue weighted by molar-refractivity contribution is 0.153. The number of nitrogens with one attached hydrogen (secondary N) is 1. The minimum absolute atomic E-state index is 0.184. The van der Waals surface area contributed by atoms with Crippen LogP contribution in [0.2, 0.25) is 0 Å². The Kier molecular flexibility index (Phi) is 6.45. The Morgan fingerprint density at radius 1 is 1.12 bits per heavy atom. The van der Waals surface area contributed by atoms with E-state index in [2.05, 4.69) is 34.3 Å². The van der Waals surface area contributed by atoms with Gasteiger partial charge in [-0.05, 0) is 49.1 Å². The summed E-state index contributed by atoms with van der Waals surface area (Å²) in [6, 6.07) is 17.4. The molecule has 3 rings (SSSR count). The predicted molar refractivity (Wildman–Crippen MR) is 108 cm³/mol. The molecule has 1 aliphatic rings. The number of thioether (sulfide) groups is 1. The molecule has 0 unspecified atom stereocenters. The number of rotatable bonds is 4. The number of piperazine rings is 1. The molecule has 0 spiro atoms. The first-order valence-electron chi connectivity index (χ1n) is 8.39. The molecule has 7 heteroatoms. The number of nitrogens with zero attached hydrogens (tertiary/aromatic N) is 2. The van der Waals surface area contributed by atoms with Crippen LogP contribution in [0.25, 0.3) is 0 Å². The summed E-state index contributed by atoms with van der Waals surface area (Å²) in [5.74, 6) is -2.41. The minimum atomic E-state index is -2.41. The molecule has 3 nitrogen and oxygen atoms in total. The van der Waals surface area contributed by atoms with Crippen molar-refractivity contribution in [3.05, 3.63) is 60.2 Å². The third-order valence-electron chi connectivity index (χ3n) is 4.36. The van der Waals surface area contributed by atoms with Crippen LogP contribution in [0.1, 0.15) is 11.6 Å². The van der Waals surface area contributed by atoms with E-state index in [9.17, 15) is 8.78 Å². The van der Waals surface area contributed by atoms with Crippen LogP contribution in [0.5, 0.6) is 0 Å². The Morgan fingerprint density at radius 3 is 2.46 bits per heavy atom. The van der Waals surface area contributed by atoms with Crippen molar-refractivity contribution in [2.45, 2.75) is 16.7 Å². The maximum atomic E-state index is 12.4. The normalized spacial score (nSPS) is 18.2. The molecule has 0 aromatic heterocycles. The van der Waals surface area contributed by atoms with Crippen LogP contribution >= 0.6 is 24.0 Å². The molecule has 0 saturated carbocycles. The fourth-order valence-electron chi connectivity index (χ4n) is 3.04. The van der Waals surface area contributed by atoms with Crippen LogP contribution in [0.4, 0.5) is 14.5 Å². The van der Waals surface area contributed by atoms with Crippen molar-refractivity contribution < 1.29 is 8.78 Å². The topological polar surface area (TPSA) is 18.5 Å². The van der Waals surface area contributed by atoms with E-state index < -0.39 is 5.76 Å². The number of alkyl halides is 2. The van der Waals surface area contributed by atoms with E-state index in [4.69, 9.17) is 12.2 Å². The maximum Gasteiger partial charge on any atom is 0.288 e. The van der Waals surface area contributed by atoms with Crippen molar-refractivity contribution in [3.8, 4) is 0 Å². The minimum Gasteiger partial charge on any atom is -0.339 e. The highest BCUT2D eigenvalue weighted by atomic mass is 32.2. The van der Waals surface area contributed by atoms with Gasteiger partial charge in [-0.3, -0.25) is 0 Å². The number of hydrogen-bond acceptors (Lipinski definition) is 3. The Hall–Kier alpha value is -1.70. The van der Waals surface area contributed by atoms with Crippen LogP contribution in [0.15, 0.2) is 59.5 Å². The molecule has 26 heavy (non-hydrogen) atoms. The van der Waals surface area contributed by atoms with Crippen molar-refractivity contribution in [2.24, 2.45) is 0 Å². The molecule has 0 aliphatic carbocycles. The van der Waals surface area contributed by atoms with E-state index in [1.807, 2.05) is 18.2 Å². The summed E-state index contributed by atoms with van der Waals surface area (Å²) in [5, 5.41) is 3.90. The second-order valence-corrected chi connectivity index (χ2v) is 7.67. The fraction of sp³-hybridized carbons (Fsp3) is 0.316. The van der Waals surface area contributed by atoms with Crippen molar-refractivity contribution in [1.82, 2.24) is 9.80 Å². The van der Waals surface area contributed by atoms with Gasteiger partial charge in [-0.25, -0.2) is 0 Å². The molecule has 2 aromatic carbocycles. The van der Waals surface area contributed by atoms with Gasteiger partial charge in [0.15, 0.2) is 5.11 Å². The number of benzene rings is 2. The molecular formula is C19H21F2N3S2. The van der Waals surface area contributed by atoms with Gasteiger partial charge in [-0.1, -0.05) is 42.1 Å². The molecule has 1 N–H and O–H groups in total. The highest BCUT2D eigenvalue weighted by Gasteiger charge is 2.28. The molecule has 1 atom stereocenters. The molecule has 1 fully saturated rings. The Morgan fingerprint density at radius 2 is 1.81 bits per heavy atom. The second-order valence-electron chi connectivity index (χ2n) is 6.22. The molecule has 2 aromatic rings. The average Bonchev–Trinajstić information content (AvgIpc) is 2.63. The standard InChI is InChI=1S/C19H21F2N3S2/c1-23-11-12-24(17(13-23)14-5-3-2-4-6-14)19(25)22-15-7-9-16(10-8-15)26-18(20)21/h2-10,17-18H,11-13H2,1H3,(H,22,25)/t17-/m1/s1. The molecule has 1 saturated heterocycles. The van der Waals surface area contributed by atoms with Gasteiger partial charge >= 0.3 is 0 Å². The van der Waals surface area contributed by atoms with Crippen LogP contribution in [-0.2, 0) is 0 Å². The Labute approximate surface area is 162 Å².